The first-order valence-corrected chi connectivity index (χ1v) is 9.62. The normalized spacial score (nSPS) is 11.0. The summed E-state index contributed by atoms with van der Waals surface area (Å²) in [6, 6.07) is 7.32. The average molecular weight is 395 g/mol. The smallest absolute Gasteiger partial charge is 0.189 e. The quantitative estimate of drug-likeness (QED) is 0.364. The Labute approximate surface area is 159 Å². The van der Waals surface area contributed by atoms with Gasteiger partial charge in [0, 0.05) is 40.9 Å². The van der Waals surface area contributed by atoms with Crippen LogP contribution in [0.25, 0.3) is 22.2 Å². The van der Waals surface area contributed by atoms with Crippen molar-refractivity contribution < 1.29 is 5.11 Å². The Bertz CT molecular complexity index is 907. The van der Waals surface area contributed by atoms with Gasteiger partial charge in [-0.25, -0.2) is 15.0 Å². The van der Waals surface area contributed by atoms with Gasteiger partial charge in [-0.1, -0.05) is 41.0 Å². The first kappa shape index (κ1) is 18.2. The fourth-order valence-electron chi connectivity index (χ4n) is 2.38. The lowest BCUT2D eigenvalue weighted by Crippen LogP contribution is -2.07. The van der Waals surface area contributed by atoms with E-state index in [1.54, 1.807) is 18.3 Å². The number of thioether (sulfide) groups is 1. The molecule has 0 aliphatic carbocycles. The first-order valence-electron chi connectivity index (χ1n) is 7.64. The van der Waals surface area contributed by atoms with Gasteiger partial charge in [0.1, 0.15) is 5.82 Å². The lowest BCUT2D eigenvalue weighted by Gasteiger charge is -2.14. The van der Waals surface area contributed by atoms with E-state index in [0.29, 0.717) is 39.6 Å². The van der Waals surface area contributed by atoms with Crippen LogP contribution in [0.3, 0.4) is 0 Å². The fourth-order valence-corrected chi connectivity index (χ4v) is 3.23. The van der Waals surface area contributed by atoms with Gasteiger partial charge in [-0.2, -0.15) is 0 Å². The number of rotatable bonds is 6. The lowest BCUT2D eigenvalue weighted by molar-refractivity contribution is 0.292. The van der Waals surface area contributed by atoms with E-state index in [2.05, 4.69) is 20.3 Å². The van der Waals surface area contributed by atoms with Crippen LogP contribution in [-0.2, 0) is 0 Å². The molecule has 2 heterocycles. The van der Waals surface area contributed by atoms with E-state index < -0.39 is 0 Å². The van der Waals surface area contributed by atoms with Crippen molar-refractivity contribution in [2.45, 2.75) is 11.6 Å². The van der Waals surface area contributed by atoms with Crippen LogP contribution >= 0.6 is 35.0 Å². The number of hydrogen-bond donors (Lipinski definition) is 2. The molecule has 0 aliphatic rings. The van der Waals surface area contributed by atoms with Gasteiger partial charge >= 0.3 is 0 Å². The number of benzene rings is 1. The number of anilines is 1. The summed E-state index contributed by atoms with van der Waals surface area (Å²) >= 11 is 13.9. The van der Waals surface area contributed by atoms with Crippen molar-refractivity contribution in [3.05, 3.63) is 40.5 Å². The van der Waals surface area contributed by atoms with E-state index in [9.17, 15) is 0 Å². The highest BCUT2D eigenvalue weighted by Gasteiger charge is 2.14. The minimum atomic E-state index is 0.108. The molecule has 0 unspecified atom stereocenters. The second-order valence-corrected chi connectivity index (χ2v) is 6.90. The van der Waals surface area contributed by atoms with E-state index in [-0.39, 0.29) is 6.61 Å². The maximum absolute atomic E-state index is 9.03. The number of aromatic nitrogens is 3. The van der Waals surface area contributed by atoms with Crippen LogP contribution in [0, 0.1) is 0 Å². The Morgan fingerprint density at radius 3 is 2.72 bits per heavy atom. The number of nitrogens with zero attached hydrogens (tertiary/aromatic N) is 3. The minimum absolute atomic E-state index is 0.108. The van der Waals surface area contributed by atoms with Crippen LogP contribution in [0.4, 0.5) is 5.82 Å². The van der Waals surface area contributed by atoms with Crippen molar-refractivity contribution in [3.63, 3.8) is 0 Å². The molecule has 0 saturated carbocycles. The van der Waals surface area contributed by atoms with Crippen molar-refractivity contribution in [1.82, 2.24) is 15.0 Å². The number of fused-ring (bicyclic) bond motifs is 1. The molecule has 0 amide bonds. The summed E-state index contributed by atoms with van der Waals surface area (Å²) in [6.07, 6.45) is 4.29. The molecule has 0 atom stereocenters. The van der Waals surface area contributed by atoms with Gasteiger partial charge in [0.25, 0.3) is 0 Å². The van der Waals surface area contributed by atoms with Gasteiger partial charge in [-0.3, -0.25) is 0 Å². The zero-order chi connectivity index (χ0) is 17.8. The van der Waals surface area contributed by atoms with Crippen LogP contribution in [0.1, 0.15) is 6.42 Å². The molecule has 0 fully saturated rings. The van der Waals surface area contributed by atoms with Gasteiger partial charge < -0.3 is 10.4 Å². The summed E-state index contributed by atoms with van der Waals surface area (Å²) in [5.74, 6) is 0.663. The van der Waals surface area contributed by atoms with Crippen molar-refractivity contribution in [3.8, 4) is 11.1 Å². The topological polar surface area (TPSA) is 70.9 Å². The molecule has 2 aromatic heterocycles. The Kier molecular flexibility index (Phi) is 5.96. The third-order valence-corrected chi connectivity index (χ3v) is 4.69. The van der Waals surface area contributed by atoms with Crippen LogP contribution in [0.15, 0.2) is 35.6 Å². The molecule has 0 aliphatic heterocycles. The molecule has 0 spiro atoms. The summed E-state index contributed by atoms with van der Waals surface area (Å²) in [6.45, 7) is 0.699. The Hall–Kier alpha value is -1.60. The van der Waals surface area contributed by atoms with Gasteiger partial charge in [-0.15, -0.1) is 0 Å². The minimum Gasteiger partial charge on any atom is -0.396 e. The first-order chi connectivity index (χ1) is 12.1. The molecule has 0 radical (unpaired) electrons. The second kappa shape index (κ2) is 8.19. The predicted octanol–water partition coefficient (Wildman–Crippen LogP) is 4.51. The number of nitrogens with one attached hydrogen (secondary N) is 1. The number of halogens is 2. The standard InChI is InChI=1S/C17H16Cl2N4OS/c1-25-17-21-9-10-7-13(12-4-3-11(18)8-14(12)19)16(20-5-2-6-24)22-15(10)23-17/h3-4,7-9,24H,2,5-6H2,1H3,(H,20,21,22,23). The number of aliphatic hydroxyl groups excluding tert-OH is 1. The molecule has 2 N–H and O–H groups in total. The Morgan fingerprint density at radius 1 is 1.16 bits per heavy atom. The summed E-state index contributed by atoms with van der Waals surface area (Å²) in [5, 5.41) is 14.9. The highest BCUT2D eigenvalue weighted by atomic mass is 35.5. The van der Waals surface area contributed by atoms with E-state index in [1.807, 2.05) is 18.4 Å². The maximum Gasteiger partial charge on any atom is 0.189 e. The zero-order valence-electron chi connectivity index (χ0n) is 13.5. The summed E-state index contributed by atoms with van der Waals surface area (Å²) in [5.41, 5.74) is 2.27. The molecule has 3 rings (SSSR count). The summed E-state index contributed by atoms with van der Waals surface area (Å²) in [4.78, 5) is 13.4. The third-order valence-electron chi connectivity index (χ3n) is 3.58. The van der Waals surface area contributed by atoms with E-state index >= 15 is 0 Å². The van der Waals surface area contributed by atoms with Crippen LogP contribution in [0.5, 0.6) is 0 Å². The van der Waals surface area contributed by atoms with Crippen molar-refractivity contribution in [2.24, 2.45) is 0 Å². The van der Waals surface area contributed by atoms with Gasteiger partial charge in [0.2, 0.25) is 0 Å². The average Bonchev–Trinajstić information content (AvgIpc) is 2.61. The van der Waals surface area contributed by atoms with Crippen LogP contribution < -0.4 is 5.32 Å². The SMILES string of the molecule is CSc1ncc2cc(-c3ccc(Cl)cc3Cl)c(NCCCO)nc2n1. The molecular formula is C17H16Cl2N4OS. The number of pyridine rings is 1. The lowest BCUT2D eigenvalue weighted by atomic mass is 10.1. The molecule has 0 saturated heterocycles. The third kappa shape index (κ3) is 4.15. The second-order valence-electron chi connectivity index (χ2n) is 5.28. The Morgan fingerprint density at radius 2 is 2.00 bits per heavy atom. The van der Waals surface area contributed by atoms with Crippen molar-refractivity contribution >= 4 is 51.8 Å². The monoisotopic (exact) mass is 394 g/mol. The molecule has 0 bridgehead atoms. The fraction of sp³-hybridized carbons (Fsp3) is 0.235. The number of aliphatic hydroxyl groups is 1. The summed E-state index contributed by atoms with van der Waals surface area (Å²) in [7, 11) is 0. The highest BCUT2D eigenvalue weighted by Crippen LogP contribution is 2.35. The molecule has 8 heteroatoms. The van der Waals surface area contributed by atoms with Gasteiger partial charge in [-0.05, 0) is 30.9 Å². The molecule has 25 heavy (non-hydrogen) atoms. The van der Waals surface area contributed by atoms with E-state index in [0.717, 1.165) is 16.5 Å². The molecule has 5 nitrogen and oxygen atoms in total. The maximum atomic E-state index is 9.03. The Balaban J connectivity index is 2.14. The van der Waals surface area contributed by atoms with E-state index in [1.165, 1.54) is 11.8 Å². The highest BCUT2D eigenvalue weighted by molar-refractivity contribution is 7.98. The van der Waals surface area contributed by atoms with Crippen LogP contribution in [0.2, 0.25) is 10.0 Å². The molecular weight excluding hydrogens is 379 g/mol. The number of hydrogen-bond acceptors (Lipinski definition) is 6. The predicted molar refractivity (Wildman–Crippen MR) is 105 cm³/mol. The molecule has 1 aromatic carbocycles. The van der Waals surface area contributed by atoms with Crippen molar-refractivity contribution in [1.29, 1.82) is 0 Å². The van der Waals surface area contributed by atoms with Crippen LogP contribution in [-0.4, -0.2) is 39.5 Å². The van der Waals surface area contributed by atoms with E-state index in [4.69, 9.17) is 28.3 Å². The van der Waals surface area contributed by atoms with Gasteiger partial charge in [0.05, 0.1) is 5.02 Å². The molecule has 130 valence electrons. The molecule has 3 aromatic rings. The summed E-state index contributed by atoms with van der Waals surface area (Å²) < 4.78 is 0. The largest absolute Gasteiger partial charge is 0.396 e. The van der Waals surface area contributed by atoms with Crippen molar-refractivity contribution in [2.75, 3.05) is 24.7 Å². The van der Waals surface area contributed by atoms with Gasteiger partial charge in [0.15, 0.2) is 10.8 Å². The zero-order valence-corrected chi connectivity index (χ0v) is 15.8.